The van der Waals surface area contributed by atoms with Gasteiger partial charge in [0.1, 0.15) is 0 Å². The fraction of sp³-hybridized carbons (Fsp3) is 1.00. The first kappa shape index (κ1) is 13.3. The fourth-order valence-corrected chi connectivity index (χ4v) is 1.74. The zero-order valence-electron chi connectivity index (χ0n) is 9.81. The first-order valence-electron chi connectivity index (χ1n) is 6.17. The van der Waals surface area contributed by atoms with Crippen LogP contribution in [-0.4, -0.2) is 26.0 Å². The van der Waals surface area contributed by atoms with Crippen LogP contribution in [0.2, 0.25) is 0 Å². The molecule has 1 fully saturated rings. The summed E-state index contributed by atoms with van der Waals surface area (Å²) in [5.74, 6) is 0. The number of hydrogen-bond donors (Lipinski definition) is 0. The van der Waals surface area contributed by atoms with Crippen LogP contribution < -0.4 is 0 Å². The average molecular weight is 227 g/mol. The first-order chi connectivity index (χ1) is 7.93. The van der Waals surface area contributed by atoms with Gasteiger partial charge >= 0.3 is 0 Å². The minimum atomic E-state index is 0.0388. The second-order valence-corrected chi connectivity index (χ2v) is 4.04. The Labute approximate surface area is 96.7 Å². The summed E-state index contributed by atoms with van der Waals surface area (Å²) in [6.45, 7) is 2.24. The van der Waals surface area contributed by atoms with Crippen LogP contribution in [0.5, 0.6) is 0 Å². The molecule has 0 bridgehead atoms. The van der Waals surface area contributed by atoms with E-state index in [0.717, 1.165) is 45.3 Å². The van der Waals surface area contributed by atoms with Gasteiger partial charge in [0.2, 0.25) is 0 Å². The molecule has 1 heterocycles. The quantitative estimate of drug-likeness (QED) is 0.276. The molecule has 0 radical (unpaired) electrons. The van der Waals surface area contributed by atoms with Crippen molar-refractivity contribution in [2.75, 3.05) is 19.8 Å². The van der Waals surface area contributed by atoms with Crippen LogP contribution in [0.25, 0.3) is 10.4 Å². The van der Waals surface area contributed by atoms with Gasteiger partial charge < -0.3 is 9.47 Å². The van der Waals surface area contributed by atoms with Crippen molar-refractivity contribution in [3.8, 4) is 0 Å². The van der Waals surface area contributed by atoms with Crippen LogP contribution in [0.4, 0.5) is 0 Å². The third kappa shape index (κ3) is 6.67. The molecule has 0 saturated carbocycles. The summed E-state index contributed by atoms with van der Waals surface area (Å²) in [7, 11) is 0. The van der Waals surface area contributed by atoms with Crippen LogP contribution in [0.3, 0.4) is 0 Å². The van der Waals surface area contributed by atoms with E-state index in [1.807, 2.05) is 0 Å². The maximum Gasteiger partial charge on any atom is 0.157 e. The molecule has 1 saturated heterocycles. The van der Waals surface area contributed by atoms with Gasteiger partial charge in [0.05, 0.1) is 0 Å². The highest BCUT2D eigenvalue weighted by Crippen LogP contribution is 2.14. The van der Waals surface area contributed by atoms with E-state index in [1.54, 1.807) is 0 Å². The van der Waals surface area contributed by atoms with Crippen molar-refractivity contribution in [1.82, 2.24) is 0 Å². The average Bonchev–Trinajstić information content (AvgIpc) is 2.34. The molecule has 1 unspecified atom stereocenters. The van der Waals surface area contributed by atoms with Crippen molar-refractivity contribution in [3.05, 3.63) is 10.4 Å². The highest BCUT2D eigenvalue weighted by molar-refractivity contribution is 4.54. The van der Waals surface area contributed by atoms with E-state index in [9.17, 15) is 0 Å². The predicted molar refractivity (Wildman–Crippen MR) is 62.0 cm³/mol. The summed E-state index contributed by atoms with van der Waals surface area (Å²) >= 11 is 0. The number of ether oxygens (including phenoxy) is 2. The minimum absolute atomic E-state index is 0.0388. The molecule has 5 nitrogen and oxygen atoms in total. The smallest absolute Gasteiger partial charge is 0.157 e. The second-order valence-electron chi connectivity index (χ2n) is 4.04. The SMILES string of the molecule is [N-]=[N+]=NCCCCCCOC1CCCCO1. The van der Waals surface area contributed by atoms with Gasteiger partial charge in [-0.25, -0.2) is 0 Å². The highest BCUT2D eigenvalue weighted by Gasteiger charge is 2.12. The van der Waals surface area contributed by atoms with Crippen LogP contribution >= 0.6 is 0 Å². The summed E-state index contributed by atoms with van der Waals surface area (Å²) in [5.41, 5.74) is 8.08. The number of hydrogen-bond acceptors (Lipinski definition) is 3. The molecule has 0 N–H and O–H groups in total. The molecule has 1 rings (SSSR count). The molecule has 1 atom stereocenters. The maximum atomic E-state index is 8.08. The van der Waals surface area contributed by atoms with E-state index < -0.39 is 0 Å². The summed E-state index contributed by atoms with van der Waals surface area (Å²) in [5, 5.41) is 3.49. The van der Waals surface area contributed by atoms with Gasteiger partial charge in [-0.05, 0) is 37.6 Å². The van der Waals surface area contributed by atoms with Crippen molar-refractivity contribution in [2.45, 2.75) is 51.2 Å². The van der Waals surface area contributed by atoms with Gasteiger partial charge in [-0.2, -0.15) is 0 Å². The monoisotopic (exact) mass is 227 g/mol. The van der Waals surface area contributed by atoms with Gasteiger partial charge in [-0.3, -0.25) is 0 Å². The molecule has 1 aliphatic heterocycles. The largest absolute Gasteiger partial charge is 0.353 e. The van der Waals surface area contributed by atoms with Gasteiger partial charge in [0.25, 0.3) is 0 Å². The van der Waals surface area contributed by atoms with E-state index in [2.05, 4.69) is 10.0 Å². The number of rotatable bonds is 8. The lowest BCUT2D eigenvalue weighted by atomic mass is 10.2. The predicted octanol–water partition coefficient (Wildman–Crippen LogP) is 3.40. The Morgan fingerprint density at radius 2 is 2.12 bits per heavy atom. The Hall–Kier alpha value is -0.770. The van der Waals surface area contributed by atoms with Crippen LogP contribution in [-0.2, 0) is 9.47 Å². The Morgan fingerprint density at radius 3 is 2.88 bits per heavy atom. The van der Waals surface area contributed by atoms with Gasteiger partial charge in [-0.15, -0.1) is 0 Å². The van der Waals surface area contributed by atoms with Crippen molar-refractivity contribution in [3.63, 3.8) is 0 Å². The Morgan fingerprint density at radius 1 is 1.25 bits per heavy atom. The molecule has 0 aromatic carbocycles. The minimum Gasteiger partial charge on any atom is -0.353 e. The molecule has 0 aliphatic carbocycles. The molecule has 0 aromatic rings. The Bertz CT molecular complexity index is 211. The van der Waals surface area contributed by atoms with Gasteiger partial charge in [-0.1, -0.05) is 18.0 Å². The van der Waals surface area contributed by atoms with E-state index in [-0.39, 0.29) is 6.29 Å². The van der Waals surface area contributed by atoms with Crippen LogP contribution in [0.15, 0.2) is 5.11 Å². The summed E-state index contributed by atoms with van der Waals surface area (Å²) < 4.78 is 11.1. The molecule has 0 amide bonds. The highest BCUT2D eigenvalue weighted by atomic mass is 16.7. The van der Waals surface area contributed by atoms with Crippen LogP contribution in [0.1, 0.15) is 44.9 Å². The van der Waals surface area contributed by atoms with E-state index in [0.29, 0.717) is 6.54 Å². The third-order valence-electron chi connectivity index (χ3n) is 2.66. The van der Waals surface area contributed by atoms with Crippen molar-refractivity contribution >= 4 is 0 Å². The third-order valence-corrected chi connectivity index (χ3v) is 2.66. The van der Waals surface area contributed by atoms with E-state index in [1.165, 1.54) is 12.8 Å². The zero-order chi connectivity index (χ0) is 11.5. The molecule has 92 valence electrons. The number of azide groups is 1. The van der Waals surface area contributed by atoms with Crippen molar-refractivity contribution in [1.29, 1.82) is 0 Å². The van der Waals surface area contributed by atoms with Gasteiger partial charge in [0.15, 0.2) is 6.29 Å². The zero-order valence-corrected chi connectivity index (χ0v) is 9.81. The summed E-state index contributed by atoms with van der Waals surface area (Å²) in [6.07, 6.45) is 7.74. The van der Waals surface area contributed by atoms with Crippen molar-refractivity contribution in [2.24, 2.45) is 5.11 Å². The van der Waals surface area contributed by atoms with Gasteiger partial charge in [0, 0.05) is 24.7 Å². The lowest BCUT2D eigenvalue weighted by Crippen LogP contribution is -2.22. The lowest BCUT2D eigenvalue weighted by molar-refractivity contribution is -0.162. The Kier molecular flexibility index (Phi) is 7.86. The van der Waals surface area contributed by atoms with E-state index in [4.69, 9.17) is 15.0 Å². The number of nitrogens with zero attached hydrogens (tertiary/aromatic N) is 3. The first-order valence-corrected chi connectivity index (χ1v) is 6.17. The summed E-state index contributed by atoms with van der Waals surface area (Å²) in [6, 6.07) is 0. The molecular weight excluding hydrogens is 206 g/mol. The van der Waals surface area contributed by atoms with Crippen molar-refractivity contribution < 1.29 is 9.47 Å². The molecule has 1 aliphatic rings. The lowest BCUT2D eigenvalue weighted by Gasteiger charge is -2.22. The molecule has 0 spiro atoms. The normalized spacial score (nSPS) is 20.4. The van der Waals surface area contributed by atoms with Crippen LogP contribution in [0, 0.1) is 0 Å². The molecule has 16 heavy (non-hydrogen) atoms. The summed E-state index contributed by atoms with van der Waals surface area (Å²) in [4.78, 5) is 2.71. The van der Waals surface area contributed by atoms with E-state index >= 15 is 0 Å². The maximum absolute atomic E-state index is 8.08. The fourth-order valence-electron chi connectivity index (χ4n) is 1.74. The Balaban J connectivity index is 1.82. The molecule has 0 aromatic heterocycles. The second kappa shape index (κ2) is 9.46. The number of unbranched alkanes of at least 4 members (excludes halogenated alkanes) is 3. The molecular formula is C11H21N3O2. The standard InChI is InChI=1S/C11H21N3O2/c12-14-13-8-4-1-2-5-9-15-11-7-3-6-10-16-11/h11H,1-10H2. The topological polar surface area (TPSA) is 67.2 Å². The molecule has 5 heteroatoms.